The summed E-state index contributed by atoms with van der Waals surface area (Å²) < 4.78 is 29.3. The van der Waals surface area contributed by atoms with Crippen LogP contribution < -0.4 is 4.18 Å². The molecule has 19 heavy (non-hydrogen) atoms. The number of nitrogens with zero attached hydrogens (tertiary/aromatic N) is 3. The third kappa shape index (κ3) is 4.87. The Kier molecular flexibility index (Phi) is 5.86. The quantitative estimate of drug-likeness (QED) is 0.437. The van der Waals surface area contributed by atoms with Crippen molar-refractivity contribution in [2.24, 2.45) is 0 Å². The first-order valence-electron chi connectivity index (χ1n) is 6.02. The maximum atomic E-state index is 11.4. The summed E-state index contributed by atoms with van der Waals surface area (Å²) in [6.07, 6.45) is 3.94. The van der Waals surface area contributed by atoms with Gasteiger partial charge < -0.3 is 4.18 Å². The van der Waals surface area contributed by atoms with Gasteiger partial charge in [-0.15, -0.1) is 5.10 Å². The Bertz CT molecular complexity index is 535. The zero-order valence-corrected chi connectivity index (χ0v) is 13.2. The van der Waals surface area contributed by atoms with E-state index in [0.29, 0.717) is 5.16 Å². The van der Waals surface area contributed by atoms with Crippen LogP contribution in [0.25, 0.3) is 0 Å². The van der Waals surface area contributed by atoms with Crippen molar-refractivity contribution in [2.45, 2.75) is 38.9 Å². The first-order valence-corrected chi connectivity index (χ1v) is 8.58. The summed E-state index contributed by atoms with van der Waals surface area (Å²) in [4.78, 5) is 4.12. The molecule has 1 heterocycles. The minimum absolute atomic E-state index is 0.0855. The first-order chi connectivity index (χ1) is 8.89. The molecule has 1 rings (SSSR count). The van der Waals surface area contributed by atoms with Crippen LogP contribution in [0.1, 0.15) is 33.7 Å². The lowest BCUT2D eigenvalue weighted by Crippen LogP contribution is -2.12. The van der Waals surface area contributed by atoms with E-state index in [1.807, 2.05) is 32.9 Å². The fourth-order valence-electron chi connectivity index (χ4n) is 1.15. The molecule has 0 radical (unpaired) electrons. The smallest absolute Gasteiger partial charge is 0.341 e. The Morgan fingerprint density at radius 3 is 2.68 bits per heavy atom. The molecule has 0 fully saturated rings. The minimum atomic E-state index is -3.59. The van der Waals surface area contributed by atoms with Gasteiger partial charge in [0.15, 0.2) is 5.16 Å². The second kappa shape index (κ2) is 6.95. The molecule has 8 heteroatoms. The molecule has 0 amide bonds. The molecule has 1 aromatic heterocycles. The topological polar surface area (TPSA) is 74.1 Å². The summed E-state index contributed by atoms with van der Waals surface area (Å²) in [7, 11) is -3.59. The lowest BCUT2D eigenvalue weighted by molar-refractivity contribution is 0.446. The van der Waals surface area contributed by atoms with E-state index in [2.05, 4.69) is 10.1 Å². The molecular formula is C11H19N3O3S2. The van der Waals surface area contributed by atoms with Gasteiger partial charge in [-0.25, -0.2) is 4.68 Å². The van der Waals surface area contributed by atoms with Crippen molar-refractivity contribution >= 4 is 21.9 Å². The molecule has 0 aromatic carbocycles. The SMILES string of the molecule is C/C=C/CSc1nc(OS(=O)(=O)CC)nn1C(C)C. The van der Waals surface area contributed by atoms with Gasteiger partial charge in [-0.05, 0) is 27.7 Å². The molecule has 1 aromatic rings. The molecule has 0 saturated carbocycles. The molecule has 0 saturated heterocycles. The maximum absolute atomic E-state index is 11.4. The van der Waals surface area contributed by atoms with Crippen molar-refractivity contribution in [3.63, 3.8) is 0 Å². The molecule has 0 bridgehead atoms. The van der Waals surface area contributed by atoms with Crippen molar-refractivity contribution in [2.75, 3.05) is 11.5 Å². The molecule has 108 valence electrons. The standard InChI is InChI=1S/C11H19N3O3S2/c1-5-7-8-18-11-12-10(13-14(11)9(3)4)17-19(15,16)6-2/h5,7,9H,6,8H2,1-4H3/b7-5+. The highest BCUT2D eigenvalue weighted by Crippen LogP contribution is 2.22. The monoisotopic (exact) mass is 305 g/mol. The molecule has 0 spiro atoms. The predicted molar refractivity (Wildman–Crippen MR) is 76.0 cm³/mol. The van der Waals surface area contributed by atoms with E-state index in [-0.39, 0.29) is 17.8 Å². The number of rotatable bonds is 7. The van der Waals surface area contributed by atoms with E-state index in [9.17, 15) is 8.42 Å². The Morgan fingerprint density at radius 1 is 1.47 bits per heavy atom. The lowest BCUT2D eigenvalue weighted by atomic mass is 10.4. The third-order valence-corrected chi connectivity index (χ3v) is 4.17. The molecule has 0 N–H and O–H groups in total. The molecule has 0 aliphatic rings. The summed E-state index contributed by atoms with van der Waals surface area (Å²) in [5.41, 5.74) is 0. The van der Waals surface area contributed by atoms with Crippen molar-refractivity contribution in [1.29, 1.82) is 0 Å². The van der Waals surface area contributed by atoms with E-state index >= 15 is 0 Å². The van der Waals surface area contributed by atoms with Gasteiger partial charge in [0.2, 0.25) is 0 Å². The predicted octanol–water partition coefficient (Wildman–Crippen LogP) is 2.26. The average Bonchev–Trinajstić information content (AvgIpc) is 2.72. The van der Waals surface area contributed by atoms with Crippen LogP contribution in [-0.2, 0) is 10.1 Å². The zero-order valence-electron chi connectivity index (χ0n) is 11.5. The molecule has 0 unspecified atom stereocenters. The number of allylic oxidation sites excluding steroid dienone is 1. The van der Waals surface area contributed by atoms with Crippen LogP contribution in [0.3, 0.4) is 0 Å². The summed E-state index contributed by atoms with van der Waals surface area (Å²) in [5.74, 6) is 0.645. The fraction of sp³-hybridized carbons (Fsp3) is 0.636. The van der Waals surface area contributed by atoms with Crippen LogP contribution >= 0.6 is 11.8 Å². The minimum Gasteiger partial charge on any atom is -0.341 e. The van der Waals surface area contributed by atoms with E-state index in [1.54, 1.807) is 4.68 Å². The fourth-order valence-corrected chi connectivity index (χ4v) is 2.53. The van der Waals surface area contributed by atoms with Crippen molar-refractivity contribution in [3.05, 3.63) is 12.2 Å². The van der Waals surface area contributed by atoms with Crippen molar-refractivity contribution in [1.82, 2.24) is 14.8 Å². The van der Waals surface area contributed by atoms with Gasteiger partial charge in [0.1, 0.15) is 0 Å². The molecule has 0 atom stereocenters. The zero-order chi connectivity index (χ0) is 14.5. The van der Waals surface area contributed by atoms with Gasteiger partial charge in [-0.2, -0.15) is 13.4 Å². The first kappa shape index (κ1) is 16.0. The molecular weight excluding hydrogens is 286 g/mol. The van der Waals surface area contributed by atoms with Crippen LogP contribution in [0.2, 0.25) is 0 Å². The second-order valence-corrected chi connectivity index (χ2v) is 6.87. The Hall–Kier alpha value is -1.02. The van der Waals surface area contributed by atoms with E-state index in [4.69, 9.17) is 4.18 Å². The van der Waals surface area contributed by atoms with Gasteiger partial charge >= 0.3 is 16.1 Å². The van der Waals surface area contributed by atoms with Gasteiger partial charge in [-0.3, -0.25) is 0 Å². The van der Waals surface area contributed by atoms with Gasteiger partial charge in [0.25, 0.3) is 0 Å². The van der Waals surface area contributed by atoms with Gasteiger partial charge in [0.05, 0.1) is 5.75 Å². The Labute approximate surface area is 118 Å². The van der Waals surface area contributed by atoms with E-state index in [1.165, 1.54) is 18.7 Å². The summed E-state index contributed by atoms with van der Waals surface area (Å²) in [6.45, 7) is 7.35. The highest BCUT2D eigenvalue weighted by Gasteiger charge is 2.18. The van der Waals surface area contributed by atoms with Gasteiger partial charge in [0, 0.05) is 11.8 Å². The highest BCUT2D eigenvalue weighted by molar-refractivity contribution is 7.99. The van der Waals surface area contributed by atoms with Crippen LogP contribution in [0.5, 0.6) is 6.01 Å². The van der Waals surface area contributed by atoms with Crippen LogP contribution in [0, 0.1) is 0 Å². The summed E-state index contributed by atoms with van der Waals surface area (Å²) in [6, 6.07) is -0.0270. The Balaban J connectivity index is 2.94. The normalized spacial score (nSPS) is 12.5. The van der Waals surface area contributed by atoms with Gasteiger partial charge in [-0.1, -0.05) is 23.9 Å². The van der Waals surface area contributed by atoms with E-state index < -0.39 is 10.1 Å². The van der Waals surface area contributed by atoms with Crippen LogP contribution in [0.4, 0.5) is 0 Å². The second-order valence-electron chi connectivity index (χ2n) is 4.02. The Morgan fingerprint density at radius 2 is 2.16 bits per heavy atom. The molecule has 6 nitrogen and oxygen atoms in total. The van der Waals surface area contributed by atoms with Crippen molar-refractivity contribution in [3.8, 4) is 6.01 Å². The number of hydrogen-bond acceptors (Lipinski definition) is 6. The summed E-state index contributed by atoms with van der Waals surface area (Å²) >= 11 is 1.48. The summed E-state index contributed by atoms with van der Waals surface area (Å²) in [5, 5.41) is 4.73. The van der Waals surface area contributed by atoms with Crippen molar-refractivity contribution < 1.29 is 12.6 Å². The highest BCUT2D eigenvalue weighted by atomic mass is 32.2. The largest absolute Gasteiger partial charge is 0.352 e. The maximum Gasteiger partial charge on any atom is 0.352 e. The van der Waals surface area contributed by atoms with Crippen LogP contribution in [-0.4, -0.2) is 34.7 Å². The van der Waals surface area contributed by atoms with Crippen LogP contribution in [0.15, 0.2) is 17.3 Å². The average molecular weight is 305 g/mol. The molecule has 0 aliphatic heterocycles. The molecule has 0 aliphatic carbocycles. The number of thioether (sulfide) groups is 1. The number of hydrogen-bond donors (Lipinski definition) is 0. The third-order valence-electron chi connectivity index (χ3n) is 2.17. The lowest BCUT2D eigenvalue weighted by Gasteiger charge is -2.06. The van der Waals surface area contributed by atoms with E-state index in [0.717, 1.165) is 5.75 Å². The number of aromatic nitrogens is 3.